The Morgan fingerprint density at radius 3 is 2.84 bits per heavy atom. The molecule has 6 heteroatoms. The van der Waals surface area contributed by atoms with Crippen molar-refractivity contribution in [1.29, 1.82) is 0 Å². The Morgan fingerprint density at radius 1 is 1.16 bits per heavy atom. The third-order valence-electron chi connectivity index (χ3n) is 4.36. The van der Waals surface area contributed by atoms with Crippen molar-refractivity contribution < 1.29 is 9.84 Å². The van der Waals surface area contributed by atoms with Crippen LogP contribution >= 0.6 is 0 Å². The van der Waals surface area contributed by atoms with Crippen LogP contribution in [0.15, 0.2) is 48.8 Å². The van der Waals surface area contributed by atoms with Crippen LogP contribution in [0.5, 0.6) is 11.5 Å². The molecule has 2 heterocycles. The van der Waals surface area contributed by atoms with Crippen LogP contribution in [0.2, 0.25) is 0 Å². The number of ether oxygens (including phenoxy) is 1. The van der Waals surface area contributed by atoms with Gasteiger partial charge in [-0.05, 0) is 55.8 Å². The fraction of sp³-hybridized carbons (Fsp3) is 0.263. The lowest BCUT2D eigenvalue weighted by Gasteiger charge is -2.15. The van der Waals surface area contributed by atoms with Crippen molar-refractivity contribution in [3.05, 3.63) is 48.8 Å². The molecule has 0 aliphatic carbocycles. The number of phenols is 1. The summed E-state index contributed by atoms with van der Waals surface area (Å²) in [5.74, 6) is 1.69. The van der Waals surface area contributed by atoms with Crippen molar-refractivity contribution in [3.63, 3.8) is 0 Å². The normalized spacial score (nSPS) is 16.9. The molecule has 0 spiro atoms. The first kappa shape index (κ1) is 15.7. The van der Waals surface area contributed by atoms with Crippen molar-refractivity contribution in [2.24, 2.45) is 0 Å². The molecule has 6 nitrogen and oxygen atoms in total. The lowest BCUT2D eigenvalue weighted by Crippen LogP contribution is -2.28. The summed E-state index contributed by atoms with van der Waals surface area (Å²) in [6.45, 7) is 1.69. The van der Waals surface area contributed by atoms with Crippen LogP contribution in [-0.4, -0.2) is 34.3 Å². The Balaban J connectivity index is 1.64. The Hall–Kier alpha value is -2.86. The molecule has 1 aliphatic heterocycles. The van der Waals surface area contributed by atoms with Gasteiger partial charge >= 0.3 is 0 Å². The summed E-state index contributed by atoms with van der Waals surface area (Å²) in [7, 11) is 0. The van der Waals surface area contributed by atoms with Crippen LogP contribution in [0, 0.1) is 0 Å². The van der Waals surface area contributed by atoms with E-state index >= 15 is 0 Å². The largest absolute Gasteiger partial charge is 0.508 e. The highest BCUT2D eigenvalue weighted by Gasteiger charge is 2.16. The Kier molecular flexibility index (Phi) is 4.35. The van der Waals surface area contributed by atoms with Crippen LogP contribution in [-0.2, 0) is 0 Å². The van der Waals surface area contributed by atoms with Crippen LogP contribution < -0.4 is 15.4 Å². The highest BCUT2D eigenvalue weighted by molar-refractivity contribution is 5.95. The van der Waals surface area contributed by atoms with E-state index in [0.29, 0.717) is 18.5 Å². The van der Waals surface area contributed by atoms with Crippen molar-refractivity contribution >= 4 is 22.4 Å². The van der Waals surface area contributed by atoms with E-state index in [-0.39, 0.29) is 5.75 Å². The minimum atomic E-state index is 0.228. The highest BCUT2D eigenvalue weighted by atomic mass is 16.5. The maximum absolute atomic E-state index is 9.43. The first-order valence-corrected chi connectivity index (χ1v) is 8.45. The van der Waals surface area contributed by atoms with Gasteiger partial charge in [0.25, 0.3) is 0 Å². The minimum Gasteiger partial charge on any atom is -0.508 e. The van der Waals surface area contributed by atoms with E-state index in [1.165, 1.54) is 12.7 Å². The number of rotatable bonds is 5. The van der Waals surface area contributed by atoms with E-state index < -0.39 is 0 Å². The first-order chi connectivity index (χ1) is 12.3. The number of hydrogen-bond donors (Lipinski definition) is 3. The van der Waals surface area contributed by atoms with Crippen LogP contribution in [0.4, 0.5) is 11.5 Å². The smallest absolute Gasteiger partial charge is 0.145 e. The second-order valence-corrected chi connectivity index (χ2v) is 6.15. The molecule has 0 bridgehead atoms. The fourth-order valence-corrected chi connectivity index (χ4v) is 3.06. The summed E-state index contributed by atoms with van der Waals surface area (Å²) in [5.41, 5.74) is 1.67. The lowest BCUT2D eigenvalue weighted by atomic mass is 10.2. The molecule has 4 rings (SSSR count). The molecule has 25 heavy (non-hydrogen) atoms. The summed E-state index contributed by atoms with van der Waals surface area (Å²) < 4.78 is 6.08. The van der Waals surface area contributed by atoms with E-state index in [0.717, 1.165) is 35.3 Å². The molecule has 1 aliphatic rings. The number of benzene rings is 2. The quantitative estimate of drug-likeness (QED) is 0.621. The monoisotopic (exact) mass is 336 g/mol. The Labute approximate surface area is 145 Å². The Bertz CT molecular complexity index is 856. The summed E-state index contributed by atoms with van der Waals surface area (Å²) in [5, 5.41) is 17.0. The van der Waals surface area contributed by atoms with Crippen molar-refractivity contribution in [3.8, 4) is 11.5 Å². The predicted molar refractivity (Wildman–Crippen MR) is 97.4 cm³/mol. The van der Waals surface area contributed by atoms with E-state index in [2.05, 4.69) is 20.6 Å². The van der Waals surface area contributed by atoms with E-state index in [9.17, 15) is 5.11 Å². The van der Waals surface area contributed by atoms with Crippen molar-refractivity contribution in [2.45, 2.75) is 18.9 Å². The van der Waals surface area contributed by atoms with Gasteiger partial charge in [-0.25, -0.2) is 9.97 Å². The van der Waals surface area contributed by atoms with Gasteiger partial charge in [0.1, 0.15) is 30.3 Å². The minimum absolute atomic E-state index is 0.228. The molecule has 3 aromatic rings. The zero-order valence-corrected chi connectivity index (χ0v) is 13.8. The second kappa shape index (κ2) is 6.94. The standard InChI is InChI=1S/C19H20N4O2/c24-15-8-6-13(7-9-15)23-19-18-16(21-12-22-19)4-1-5-17(18)25-11-14-3-2-10-20-14/h1,4-9,12,14,20,24H,2-3,10-11H2,(H,21,22,23)/t14-/m0/s1. The van der Waals surface area contributed by atoms with Gasteiger partial charge in [0.2, 0.25) is 0 Å². The molecule has 2 aromatic carbocycles. The molecule has 128 valence electrons. The molecular weight excluding hydrogens is 316 g/mol. The number of nitrogens with one attached hydrogen (secondary N) is 2. The number of nitrogens with zero attached hydrogens (tertiary/aromatic N) is 2. The van der Waals surface area contributed by atoms with Gasteiger partial charge in [-0.1, -0.05) is 6.07 Å². The van der Waals surface area contributed by atoms with Gasteiger partial charge in [0.15, 0.2) is 0 Å². The summed E-state index contributed by atoms with van der Waals surface area (Å²) in [4.78, 5) is 8.74. The van der Waals surface area contributed by atoms with Crippen molar-refractivity contribution in [1.82, 2.24) is 15.3 Å². The maximum atomic E-state index is 9.43. The van der Waals surface area contributed by atoms with Crippen molar-refractivity contribution in [2.75, 3.05) is 18.5 Å². The highest BCUT2D eigenvalue weighted by Crippen LogP contribution is 2.32. The molecule has 3 N–H and O–H groups in total. The lowest BCUT2D eigenvalue weighted by molar-refractivity contribution is 0.280. The molecule has 0 radical (unpaired) electrons. The van der Waals surface area contributed by atoms with Gasteiger partial charge in [-0.15, -0.1) is 0 Å². The van der Waals surface area contributed by atoms with Crippen LogP contribution in [0.1, 0.15) is 12.8 Å². The molecule has 1 fully saturated rings. The van der Waals surface area contributed by atoms with E-state index in [1.807, 2.05) is 18.2 Å². The van der Waals surface area contributed by atoms with Crippen LogP contribution in [0.3, 0.4) is 0 Å². The van der Waals surface area contributed by atoms with E-state index in [1.54, 1.807) is 24.3 Å². The number of hydrogen-bond acceptors (Lipinski definition) is 6. The SMILES string of the molecule is Oc1ccc(Nc2ncnc3cccc(OC[C@@H]4CCCN4)c23)cc1. The van der Waals surface area contributed by atoms with Gasteiger partial charge in [-0.3, -0.25) is 0 Å². The average Bonchev–Trinajstić information content (AvgIpc) is 3.15. The number of fused-ring (bicyclic) bond motifs is 1. The summed E-state index contributed by atoms with van der Waals surface area (Å²) in [6.07, 6.45) is 3.87. The third kappa shape index (κ3) is 3.49. The number of aromatic nitrogens is 2. The van der Waals surface area contributed by atoms with Gasteiger partial charge in [-0.2, -0.15) is 0 Å². The predicted octanol–water partition coefficient (Wildman–Crippen LogP) is 3.21. The average molecular weight is 336 g/mol. The second-order valence-electron chi connectivity index (χ2n) is 6.15. The first-order valence-electron chi connectivity index (χ1n) is 8.45. The number of phenolic OH excluding ortho intramolecular Hbond substituents is 1. The van der Waals surface area contributed by atoms with Gasteiger partial charge < -0.3 is 20.5 Å². The maximum Gasteiger partial charge on any atom is 0.145 e. The summed E-state index contributed by atoms with van der Waals surface area (Å²) in [6, 6.07) is 13.1. The zero-order valence-electron chi connectivity index (χ0n) is 13.8. The molecular formula is C19H20N4O2. The molecule has 1 saturated heterocycles. The number of anilines is 2. The third-order valence-corrected chi connectivity index (χ3v) is 4.36. The summed E-state index contributed by atoms with van der Waals surface area (Å²) >= 11 is 0. The molecule has 0 unspecified atom stereocenters. The van der Waals surface area contributed by atoms with Gasteiger partial charge in [0.05, 0.1) is 10.9 Å². The van der Waals surface area contributed by atoms with Gasteiger partial charge in [0, 0.05) is 11.7 Å². The zero-order chi connectivity index (χ0) is 17.1. The van der Waals surface area contributed by atoms with Crippen LogP contribution in [0.25, 0.3) is 10.9 Å². The molecule has 0 amide bonds. The molecule has 0 saturated carbocycles. The number of aromatic hydroxyl groups is 1. The Morgan fingerprint density at radius 2 is 2.04 bits per heavy atom. The molecule has 1 aromatic heterocycles. The fourth-order valence-electron chi connectivity index (χ4n) is 3.06. The molecule has 1 atom stereocenters. The van der Waals surface area contributed by atoms with E-state index in [4.69, 9.17) is 4.74 Å². The topological polar surface area (TPSA) is 79.3 Å².